The maximum atomic E-state index is 12.7. The predicted octanol–water partition coefficient (Wildman–Crippen LogP) is 3.50. The van der Waals surface area contributed by atoms with E-state index in [-0.39, 0.29) is 16.4 Å². The summed E-state index contributed by atoms with van der Waals surface area (Å²) in [4.78, 5) is 14.5. The van der Waals surface area contributed by atoms with Crippen LogP contribution in [-0.4, -0.2) is 27.2 Å². The Bertz CT molecular complexity index is 977. The third kappa shape index (κ3) is 3.35. The van der Waals surface area contributed by atoms with Crippen molar-refractivity contribution < 1.29 is 13.2 Å². The van der Waals surface area contributed by atoms with Crippen molar-refractivity contribution in [3.8, 4) is 0 Å². The van der Waals surface area contributed by atoms with Gasteiger partial charge in [0, 0.05) is 17.8 Å². The Balaban J connectivity index is 1.97. The molecule has 1 amide bonds. The summed E-state index contributed by atoms with van der Waals surface area (Å²) >= 11 is 0. The standard InChI is InChI=1S/C19H21N3O3S/c1-4-10-22-12-20-26(24,25)17-11-15(8-9-16(17)22)19(23)21-18-13(2)6-5-7-14(18)3/h5-9,11-12H,4,10H2,1-3H3,(H,21,23). The highest BCUT2D eigenvalue weighted by molar-refractivity contribution is 7.90. The Morgan fingerprint density at radius 1 is 1.15 bits per heavy atom. The molecule has 3 rings (SSSR count). The number of fused-ring (bicyclic) bond motifs is 1. The molecule has 0 saturated heterocycles. The average Bonchev–Trinajstić information content (AvgIpc) is 2.60. The van der Waals surface area contributed by atoms with E-state index in [9.17, 15) is 13.2 Å². The summed E-state index contributed by atoms with van der Waals surface area (Å²) in [6, 6.07) is 10.4. The van der Waals surface area contributed by atoms with Gasteiger partial charge in [0.05, 0.1) is 5.69 Å². The first-order valence-electron chi connectivity index (χ1n) is 8.42. The number of anilines is 2. The normalized spacial score (nSPS) is 14.8. The van der Waals surface area contributed by atoms with Crippen LogP contribution >= 0.6 is 0 Å². The van der Waals surface area contributed by atoms with E-state index in [0.717, 1.165) is 23.2 Å². The molecule has 7 heteroatoms. The van der Waals surface area contributed by atoms with E-state index in [1.165, 1.54) is 12.4 Å². The van der Waals surface area contributed by atoms with Gasteiger partial charge in [-0.2, -0.15) is 8.42 Å². The van der Waals surface area contributed by atoms with Crippen LogP contribution in [0.25, 0.3) is 0 Å². The average molecular weight is 371 g/mol. The topological polar surface area (TPSA) is 78.8 Å². The van der Waals surface area contributed by atoms with Crippen molar-refractivity contribution in [3.05, 3.63) is 53.1 Å². The van der Waals surface area contributed by atoms with Crippen LogP contribution in [0.15, 0.2) is 45.7 Å². The maximum absolute atomic E-state index is 12.7. The Morgan fingerprint density at radius 3 is 2.50 bits per heavy atom. The summed E-state index contributed by atoms with van der Waals surface area (Å²) in [6.45, 7) is 6.48. The van der Waals surface area contributed by atoms with E-state index < -0.39 is 10.0 Å². The summed E-state index contributed by atoms with van der Waals surface area (Å²) < 4.78 is 28.3. The van der Waals surface area contributed by atoms with Crippen molar-refractivity contribution in [2.24, 2.45) is 4.40 Å². The van der Waals surface area contributed by atoms with Crippen LogP contribution in [-0.2, 0) is 10.0 Å². The Hall–Kier alpha value is -2.67. The van der Waals surface area contributed by atoms with Crippen molar-refractivity contribution in [3.63, 3.8) is 0 Å². The molecule has 1 heterocycles. The lowest BCUT2D eigenvalue weighted by Gasteiger charge is -2.25. The Kier molecular flexibility index (Phi) is 4.82. The molecule has 0 aromatic heterocycles. The molecule has 0 spiro atoms. The second kappa shape index (κ2) is 6.92. The van der Waals surface area contributed by atoms with E-state index >= 15 is 0 Å². The second-order valence-corrected chi connectivity index (χ2v) is 7.89. The number of rotatable bonds is 4. The molecule has 0 unspecified atom stereocenters. The van der Waals surface area contributed by atoms with Gasteiger partial charge in [-0.15, -0.1) is 4.40 Å². The molecule has 0 radical (unpaired) electrons. The van der Waals surface area contributed by atoms with Crippen LogP contribution < -0.4 is 10.2 Å². The molecule has 0 saturated carbocycles. The van der Waals surface area contributed by atoms with Crippen LogP contribution in [0, 0.1) is 13.8 Å². The molecule has 1 N–H and O–H groups in total. The minimum Gasteiger partial charge on any atom is -0.331 e. The minimum absolute atomic E-state index is 0.0580. The summed E-state index contributed by atoms with van der Waals surface area (Å²) in [5.41, 5.74) is 3.46. The third-order valence-corrected chi connectivity index (χ3v) is 5.57. The van der Waals surface area contributed by atoms with Gasteiger partial charge in [0.2, 0.25) is 0 Å². The molecule has 0 atom stereocenters. The molecular weight excluding hydrogens is 350 g/mol. The van der Waals surface area contributed by atoms with Crippen molar-refractivity contribution >= 4 is 33.6 Å². The lowest BCUT2D eigenvalue weighted by atomic mass is 10.1. The van der Waals surface area contributed by atoms with Gasteiger partial charge < -0.3 is 10.2 Å². The zero-order valence-corrected chi connectivity index (χ0v) is 15.8. The number of nitrogens with zero attached hydrogens (tertiary/aromatic N) is 2. The monoisotopic (exact) mass is 371 g/mol. The van der Waals surface area contributed by atoms with E-state index in [0.29, 0.717) is 12.2 Å². The number of benzene rings is 2. The van der Waals surface area contributed by atoms with Crippen LogP contribution in [0.2, 0.25) is 0 Å². The summed E-state index contributed by atoms with van der Waals surface area (Å²) in [6.07, 6.45) is 2.18. The van der Waals surface area contributed by atoms with E-state index in [2.05, 4.69) is 9.71 Å². The fourth-order valence-electron chi connectivity index (χ4n) is 2.95. The van der Waals surface area contributed by atoms with Gasteiger partial charge >= 0.3 is 0 Å². The van der Waals surface area contributed by atoms with Gasteiger partial charge in [-0.05, 0) is 49.6 Å². The predicted molar refractivity (Wildman–Crippen MR) is 104 cm³/mol. The first kappa shape index (κ1) is 18.1. The fourth-order valence-corrected chi connectivity index (χ4v) is 4.03. The molecule has 1 aliphatic rings. The summed E-state index contributed by atoms with van der Waals surface area (Å²) in [5.74, 6) is -0.350. The summed E-state index contributed by atoms with van der Waals surface area (Å²) in [5, 5.41) is 2.88. The van der Waals surface area contributed by atoms with Gasteiger partial charge in [0.15, 0.2) is 0 Å². The fraction of sp³-hybridized carbons (Fsp3) is 0.263. The summed E-state index contributed by atoms with van der Waals surface area (Å²) in [7, 11) is -3.79. The molecule has 136 valence electrons. The number of carbonyl (C=O) groups excluding carboxylic acids is 1. The molecule has 0 aliphatic carbocycles. The lowest BCUT2D eigenvalue weighted by molar-refractivity contribution is 0.102. The maximum Gasteiger partial charge on any atom is 0.285 e. The largest absolute Gasteiger partial charge is 0.331 e. The van der Waals surface area contributed by atoms with Crippen LogP contribution in [0.5, 0.6) is 0 Å². The van der Waals surface area contributed by atoms with Gasteiger partial charge in [0.1, 0.15) is 11.2 Å². The van der Waals surface area contributed by atoms with Crippen LogP contribution in [0.4, 0.5) is 11.4 Å². The smallest absolute Gasteiger partial charge is 0.285 e. The quantitative estimate of drug-likeness (QED) is 0.892. The van der Waals surface area contributed by atoms with Crippen molar-refractivity contribution in [1.29, 1.82) is 0 Å². The molecular formula is C19H21N3O3S. The van der Waals surface area contributed by atoms with Gasteiger partial charge in [-0.3, -0.25) is 4.79 Å². The molecule has 0 fully saturated rings. The number of carbonyl (C=O) groups is 1. The number of sulfonamides is 1. The van der Waals surface area contributed by atoms with Crippen molar-refractivity contribution in [2.75, 3.05) is 16.8 Å². The zero-order valence-electron chi connectivity index (χ0n) is 15.0. The first-order valence-corrected chi connectivity index (χ1v) is 9.86. The number of hydrogen-bond donors (Lipinski definition) is 1. The zero-order chi connectivity index (χ0) is 18.9. The molecule has 0 bridgehead atoms. The van der Waals surface area contributed by atoms with E-state index in [4.69, 9.17) is 0 Å². The van der Waals surface area contributed by atoms with Gasteiger partial charge in [0.25, 0.3) is 15.9 Å². The molecule has 6 nitrogen and oxygen atoms in total. The lowest BCUT2D eigenvalue weighted by Crippen LogP contribution is -2.28. The number of para-hydroxylation sites is 1. The second-order valence-electron chi connectivity index (χ2n) is 6.29. The number of nitrogens with one attached hydrogen (secondary N) is 1. The highest BCUT2D eigenvalue weighted by Gasteiger charge is 2.26. The van der Waals surface area contributed by atoms with Gasteiger partial charge in [-0.25, -0.2) is 0 Å². The number of amides is 1. The van der Waals surface area contributed by atoms with E-state index in [1.54, 1.807) is 17.0 Å². The van der Waals surface area contributed by atoms with Crippen molar-refractivity contribution in [2.45, 2.75) is 32.1 Å². The molecule has 2 aromatic carbocycles. The van der Waals surface area contributed by atoms with Gasteiger partial charge in [-0.1, -0.05) is 25.1 Å². The molecule has 1 aliphatic heterocycles. The molecule has 2 aromatic rings. The third-order valence-electron chi connectivity index (χ3n) is 4.32. The number of hydrogen-bond acceptors (Lipinski definition) is 4. The number of aryl methyl sites for hydroxylation is 2. The highest BCUT2D eigenvalue weighted by Crippen LogP contribution is 2.31. The highest BCUT2D eigenvalue weighted by atomic mass is 32.2. The molecule has 26 heavy (non-hydrogen) atoms. The van der Waals surface area contributed by atoms with Crippen LogP contribution in [0.3, 0.4) is 0 Å². The van der Waals surface area contributed by atoms with Crippen LogP contribution in [0.1, 0.15) is 34.8 Å². The Morgan fingerprint density at radius 2 is 1.85 bits per heavy atom. The van der Waals surface area contributed by atoms with Crippen molar-refractivity contribution in [1.82, 2.24) is 0 Å². The van der Waals surface area contributed by atoms with E-state index in [1.807, 2.05) is 39.0 Å². The first-order chi connectivity index (χ1) is 12.3. The SMILES string of the molecule is CCCN1C=NS(=O)(=O)c2cc(C(=O)Nc3c(C)cccc3C)ccc21. The Labute approximate surface area is 153 Å². The minimum atomic E-state index is -3.79.